The molecule has 160 valence electrons. The Labute approximate surface area is 179 Å². The summed E-state index contributed by atoms with van der Waals surface area (Å²) >= 11 is 0. The largest absolute Gasteiger partial charge is 0.497 e. The molecular formula is C21H19N3O6S. The minimum atomic E-state index is -4.02. The first-order valence-corrected chi connectivity index (χ1v) is 10.6. The second-order valence-electron chi connectivity index (χ2n) is 6.66. The second kappa shape index (κ2) is 7.80. The maximum absolute atomic E-state index is 13.0. The molecule has 0 fully saturated rings. The van der Waals surface area contributed by atoms with E-state index < -0.39 is 15.9 Å². The van der Waals surface area contributed by atoms with Gasteiger partial charge in [-0.05, 0) is 30.3 Å². The van der Waals surface area contributed by atoms with Crippen LogP contribution < -0.4 is 23.8 Å². The summed E-state index contributed by atoms with van der Waals surface area (Å²) in [4.78, 5) is 18.4. The number of ether oxygens (including phenoxy) is 3. The molecule has 2 aromatic carbocycles. The SMILES string of the molecule is COc1cc(NS(=O)(=O)c2ccc3c(c2)C(=O)N(C)c2ncccc2O3)cc(OC)c1. The molecule has 3 aromatic rings. The van der Waals surface area contributed by atoms with Crippen molar-refractivity contribution in [1.29, 1.82) is 0 Å². The third-order valence-electron chi connectivity index (χ3n) is 4.69. The zero-order valence-electron chi connectivity index (χ0n) is 16.9. The summed E-state index contributed by atoms with van der Waals surface area (Å²) in [6.45, 7) is 0. The highest BCUT2D eigenvalue weighted by Crippen LogP contribution is 2.37. The summed E-state index contributed by atoms with van der Waals surface area (Å²) in [5.41, 5.74) is 0.356. The zero-order valence-corrected chi connectivity index (χ0v) is 17.8. The third-order valence-corrected chi connectivity index (χ3v) is 6.07. The molecule has 0 saturated heterocycles. The number of anilines is 2. The predicted octanol–water partition coefficient (Wildman–Crippen LogP) is 3.28. The zero-order chi connectivity index (χ0) is 22.2. The Morgan fingerprint density at radius 1 is 1.00 bits per heavy atom. The Hall–Kier alpha value is -3.79. The van der Waals surface area contributed by atoms with Crippen LogP contribution >= 0.6 is 0 Å². The van der Waals surface area contributed by atoms with Gasteiger partial charge in [0.25, 0.3) is 15.9 Å². The van der Waals surface area contributed by atoms with Crippen LogP contribution in [0, 0.1) is 0 Å². The summed E-state index contributed by atoms with van der Waals surface area (Å²) in [6, 6.07) is 12.1. The molecule has 31 heavy (non-hydrogen) atoms. The van der Waals surface area contributed by atoms with Crippen LogP contribution in [0.5, 0.6) is 23.0 Å². The van der Waals surface area contributed by atoms with Gasteiger partial charge in [0.05, 0.1) is 30.4 Å². The Bertz CT molecular complexity index is 1250. The molecule has 0 bridgehead atoms. The van der Waals surface area contributed by atoms with Gasteiger partial charge in [-0.15, -0.1) is 0 Å². The van der Waals surface area contributed by atoms with Gasteiger partial charge >= 0.3 is 0 Å². The molecule has 0 unspecified atom stereocenters. The summed E-state index contributed by atoms with van der Waals surface area (Å²) in [5.74, 6) is 1.39. The van der Waals surface area contributed by atoms with Gasteiger partial charge in [0.2, 0.25) is 0 Å². The van der Waals surface area contributed by atoms with Crippen LogP contribution in [-0.2, 0) is 10.0 Å². The molecule has 1 N–H and O–H groups in total. The number of sulfonamides is 1. The van der Waals surface area contributed by atoms with Gasteiger partial charge in [-0.3, -0.25) is 14.4 Å². The lowest BCUT2D eigenvalue weighted by molar-refractivity contribution is 0.0992. The van der Waals surface area contributed by atoms with E-state index in [-0.39, 0.29) is 21.9 Å². The van der Waals surface area contributed by atoms with E-state index in [4.69, 9.17) is 14.2 Å². The molecule has 0 radical (unpaired) electrons. The van der Waals surface area contributed by atoms with Crippen LogP contribution in [0.25, 0.3) is 0 Å². The van der Waals surface area contributed by atoms with Crippen molar-refractivity contribution in [3.63, 3.8) is 0 Å². The van der Waals surface area contributed by atoms with Crippen molar-refractivity contribution in [2.45, 2.75) is 4.90 Å². The topological polar surface area (TPSA) is 107 Å². The lowest BCUT2D eigenvalue weighted by atomic mass is 10.2. The van der Waals surface area contributed by atoms with Crippen LogP contribution in [0.3, 0.4) is 0 Å². The highest BCUT2D eigenvalue weighted by molar-refractivity contribution is 7.92. The fourth-order valence-corrected chi connectivity index (χ4v) is 4.19. The first kappa shape index (κ1) is 20.5. The molecule has 0 spiro atoms. The molecule has 0 atom stereocenters. The Morgan fingerprint density at radius 2 is 1.71 bits per heavy atom. The van der Waals surface area contributed by atoms with Crippen molar-refractivity contribution in [2.24, 2.45) is 0 Å². The van der Waals surface area contributed by atoms with Gasteiger partial charge in [0.15, 0.2) is 11.6 Å². The number of nitrogens with one attached hydrogen (secondary N) is 1. The number of amides is 1. The molecule has 1 aromatic heterocycles. The lowest BCUT2D eigenvalue weighted by Crippen LogP contribution is -2.26. The van der Waals surface area contributed by atoms with Crippen molar-refractivity contribution in [2.75, 3.05) is 30.9 Å². The number of nitrogens with zero attached hydrogens (tertiary/aromatic N) is 2. The first-order valence-electron chi connectivity index (χ1n) is 9.13. The summed E-state index contributed by atoms with van der Waals surface area (Å²) in [5, 5.41) is 0. The number of carbonyl (C=O) groups is 1. The fourth-order valence-electron chi connectivity index (χ4n) is 3.12. The summed E-state index contributed by atoms with van der Waals surface area (Å²) in [7, 11) is 0.464. The number of methoxy groups -OCH3 is 2. The van der Waals surface area contributed by atoms with Gasteiger partial charge in [-0.1, -0.05) is 0 Å². The van der Waals surface area contributed by atoms with Crippen LogP contribution in [0.2, 0.25) is 0 Å². The van der Waals surface area contributed by atoms with Crippen LogP contribution in [-0.4, -0.2) is 40.6 Å². The van der Waals surface area contributed by atoms with Crippen molar-refractivity contribution in [3.05, 3.63) is 60.3 Å². The maximum atomic E-state index is 13.0. The predicted molar refractivity (Wildman–Crippen MR) is 114 cm³/mol. The number of fused-ring (bicyclic) bond motifs is 2. The quantitative estimate of drug-likeness (QED) is 0.647. The van der Waals surface area contributed by atoms with E-state index in [1.807, 2.05) is 0 Å². The maximum Gasteiger partial charge on any atom is 0.263 e. The van der Waals surface area contributed by atoms with E-state index in [2.05, 4.69) is 9.71 Å². The molecule has 1 aliphatic rings. The molecule has 0 saturated carbocycles. The van der Waals surface area contributed by atoms with Crippen LogP contribution in [0.15, 0.2) is 59.6 Å². The molecule has 10 heteroatoms. The van der Waals surface area contributed by atoms with Gasteiger partial charge in [0, 0.05) is 31.4 Å². The second-order valence-corrected chi connectivity index (χ2v) is 8.34. The van der Waals surface area contributed by atoms with E-state index in [0.29, 0.717) is 23.1 Å². The number of hydrogen-bond donors (Lipinski definition) is 1. The molecular weight excluding hydrogens is 422 g/mol. The van der Waals surface area contributed by atoms with E-state index >= 15 is 0 Å². The number of rotatable bonds is 5. The molecule has 0 aliphatic carbocycles. The monoisotopic (exact) mass is 441 g/mol. The Morgan fingerprint density at radius 3 is 2.39 bits per heavy atom. The van der Waals surface area contributed by atoms with Gasteiger partial charge in [-0.25, -0.2) is 13.4 Å². The molecule has 9 nitrogen and oxygen atoms in total. The van der Waals surface area contributed by atoms with Crippen molar-refractivity contribution in [1.82, 2.24) is 4.98 Å². The number of hydrogen-bond acceptors (Lipinski definition) is 7. The highest BCUT2D eigenvalue weighted by atomic mass is 32.2. The van der Waals surface area contributed by atoms with E-state index in [1.165, 1.54) is 49.5 Å². The number of benzene rings is 2. The molecule has 1 aliphatic heterocycles. The van der Waals surface area contributed by atoms with Crippen molar-refractivity contribution in [3.8, 4) is 23.0 Å². The third kappa shape index (κ3) is 3.84. The number of aromatic nitrogens is 1. The average Bonchev–Trinajstić information content (AvgIpc) is 2.87. The first-order chi connectivity index (χ1) is 14.8. The standard InChI is InChI=1S/C21H19N3O6S/c1-24-20-19(5-4-8-22-20)30-18-7-6-16(12-17(18)21(24)25)31(26,27)23-13-9-14(28-2)11-15(10-13)29-3/h4-12,23H,1-3H3. The summed E-state index contributed by atoms with van der Waals surface area (Å²) in [6.07, 6.45) is 1.55. The molecule has 4 rings (SSSR count). The average molecular weight is 441 g/mol. The Kier molecular flexibility index (Phi) is 5.15. The minimum Gasteiger partial charge on any atom is -0.497 e. The molecule has 1 amide bonds. The van der Waals surface area contributed by atoms with Crippen molar-refractivity contribution < 1.29 is 27.4 Å². The lowest BCUT2D eigenvalue weighted by Gasteiger charge is -2.15. The van der Waals surface area contributed by atoms with Gasteiger partial charge in [-0.2, -0.15) is 0 Å². The smallest absolute Gasteiger partial charge is 0.263 e. The normalized spacial score (nSPS) is 12.9. The highest BCUT2D eigenvalue weighted by Gasteiger charge is 2.28. The number of carbonyl (C=O) groups excluding carboxylic acids is 1. The van der Waals surface area contributed by atoms with E-state index in [9.17, 15) is 13.2 Å². The van der Waals surface area contributed by atoms with Gasteiger partial charge < -0.3 is 14.2 Å². The van der Waals surface area contributed by atoms with E-state index in [0.717, 1.165) is 0 Å². The Balaban J connectivity index is 1.71. The van der Waals surface area contributed by atoms with E-state index in [1.54, 1.807) is 31.4 Å². The van der Waals surface area contributed by atoms with Crippen LogP contribution in [0.1, 0.15) is 10.4 Å². The molecule has 2 heterocycles. The van der Waals surface area contributed by atoms with Crippen LogP contribution in [0.4, 0.5) is 11.5 Å². The summed E-state index contributed by atoms with van der Waals surface area (Å²) < 4.78 is 44.7. The number of pyridine rings is 1. The fraction of sp³-hybridized carbons (Fsp3) is 0.143. The van der Waals surface area contributed by atoms with Gasteiger partial charge in [0.1, 0.15) is 17.2 Å². The minimum absolute atomic E-state index is 0.0997. The van der Waals surface area contributed by atoms with Crippen molar-refractivity contribution >= 4 is 27.4 Å².